The molecule has 0 bridgehead atoms. The van der Waals surface area contributed by atoms with E-state index >= 15 is 0 Å². The Hall–Kier alpha value is -0.340. The van der Waals surface area contributed by atoms with Gasteiger partial charge < -0.3 is 10.2 Å². The van der Waals surface area contributed by atoms with Crippen LogP contribution in [-0.4, -0.2) is 22.4 Å². The maximum atomic E-state index is 11.3. The Balaban J connectivity index is 1.54. The molecule has 0 heterocycles. The molecular weight excluding hydrogens is 356 g/mol. The molecule has 5 unspecified atom stereocenters. The molecule has 3 saturated carbocycles. The molecule has 0 aromatic heterocycles. The molecule has 0 aliphatic heterocycles. The summed E-state index contributed by atoms with van der Waals surface area (Å²) in [5, 5.41) is 21.5. The second-order valence-corrected chi connectivity index (χ2v) is 12.3. The molecule has 2 N–H and O–H groups in total. The van der Waals surface area contributed by atoms with Crippen molar-refractivity contribution in [3.63, 3.8) is 0 Å². The zero-order valence-corrected chi connectivity index (χ0v) is 19.7. The topological polar surface area (TPSA) is 40.5 Å². The van der Waals surface area contributed by atoms with Crippen LogP contribution in [0.15, 0.2) is 11.6 Å². The first kappa shape index (κ1) is 21.9. The zero-order chi connectivity index (χ0) is 21.0. The van der Waals surface area contributed by atoms with E-state index in [4.69, 9.17) is 0 Å². The molecule has 2 heteroatoms. The molecule has 4 rings (SSSR count). The van der Waals surface area contributed by atoms with Gasteiger partial charge in [-0.25, -0.2) is 0 Å². The van der Waals surface area contributed by atoms with Crippen molar-refractivity contribution >= 4 is 0 Å². The van der Waals surface area contributed by atoms with Crippen molar-refractivity contribution in [3.05, 3.63) is 11.6 Å². The number of hydrogen-bond acceptors (Lipinski definition) is 2. The lowest BCUT2D eigenvalue weighted by Gasteiger charge is -2.59. The van der Waals surface area contributed by atoms with Gasteiger partial charge >= 0.3 is 0 Å². The molecule has 9 atom stereocenters. The summed E-state index contributed by atoms with van der Waals surface area (Å²) in [6, 6.07) is 0. The quantitative estimate of drug-likeness (QED) is 0.525. The van der Waals surface area contributed by atoms with Crippen LogP contribution in [0, 0.1) is 46.3 Å². The summed E-state index contributed by atoms with van der Waals surface area (Å²) in [5.74, 6) is 4.18. The van der Waals surface area contributed by atoms with Gasteiger partial charge in [0.15, 0.2) is 0 Å². The summed E-state index contributed by atoms with van der Waals surface area (Å²) in [7, 11) is 0. The van der Waals surface area contributed by atoms with Gasteiger partial charge in [-0.1, -0.05) is 65.5 Å². The fourth-order valence-corrected chi connectivity index (χ4v) is 8.65. The first-order valence-electron chi connectivity index (χ1n) is 12.7. The van der Waals surface area contributed by atoms with Crippen molar-refractivity contribution in [1.29, 1.82) is 0 Å². The van der Waals surface area contributed by atoms with E-state index in [0.717, 1.165) is 37.0 Å². The Morgan fingerprint density at radius 1 is 0.966 bits per heavy atom. The van der Waals surface area contributed by atoms with Crippen LogP contribution in [0.1, 0.15) is 98.8 Å². The third kappa shape index (κ3) is 3.65. The zero-order valence-electron chi connectivity index (χ0n) is 19.7. The van der Waals surface area contributed by atoms with Gasteiger partial charge in [0.1, 0.15) is 0 Å². The molecule has 0 aromatic rings. The first-order valence-corrected chi connectivity index (χ1v) is 12.7. The number of fused-ring (bicyclic) bond motifs is 5. The third-order valence-corrected chi connectivity index (χ3v) is 10.3. The highest BCUT2D eigenvalue weighted by molar-refractivity contribution is 5.27. The molecular formula is C27H46O2. The van der Waals surface area contributed by atoms with E-state index in [0.29, 0.717) is 23.2 Å². The van der Waals surface area contributed by atoms with E-state index in [9.17, 15) is 10.2 Å². The minimum absolute atomic E-state index is 0.200. The summed E-state index contributed by atoms with van der Waals surface area (Å²) in [5.41, 5.74) is 1.99. The van der Waals surface area contributed by atoms with Gasteiger partial charge in [-0.15, -0.1) is 0 Å². The molecule has 0 radical (unpaired) electrons. The molecule has 4 aliphatic carbocycles. The van der Waals surface area contributed by atoms with Crippen LogP contribution >= 0.6 is 0 Å². The van der Waals surface area contributed by atoms with Crippen molar-refractivity contribution in [2.75, 3.05) is 0 Å². The highest BCUT2D eigenvalue weighted by Gasteiger charge is 2.61. The summed E-state index contributed by atoms with van der Waals surface area (Å²) in [6.45, 7) is 12.2. The largest absolute Gasteiger partial charge is 0.393 e. The average Bonchev–Trinajstić information content (AvgIpc) is 3.00. The predicted octanol–water partition coefficient (Wildman–Crippen LogP) is 6.36. The Morgan fingerprint density at radius 3 is 2.45 bits per heavy atom. The fraction of sp³-hybridized carbons (Fsp3) is 0.926. The normalized spacial score (nSPS) is 47.9. The second kappa shape index (κ2) is 7.97. The van der Waals surface area contributed by atoms with Crippen LogP contribution in [0.4, 0.5) is 0 Å². The number of rotatable bonds is 5. The van der Waals surface area contributed by atoms with Crippen LogP contribution in [0.25, 0.3) is 0 Å². The molecule has 3 fully saturated rings. The SMILES string of the molecule is CC(C)CCCC(C)[C@H]1CCC2C3C(O)C=C4C[C@@H](O)CC[C@]4(C)C3CC[C@@]21C. The standard InChI is InChI=1S/C27H46O2/c1-17(2)7-6-8-18(3)21-9-10-22-25-23(12-14-27(21,22)5)26(4)13-11-20(28)15-19(26)16-24(25)29/h16-18,20-25,28-29H,6-15H2,1-5H3/t18?,20-,21+,22?,23?,24?,25?,26-,27+/m0/s1. The lowest BCUT2D eigenvalue weighted by molar-refractivity contribution is -0.0970. The van der Waals surface area contributed by atoms with Crippen LogP contribution in [0.3, 0.4) is 0 Å². The van der Waals surface area contributed by atoms with Gasteiger partial charge in [-0.2, -0.15) is 0 Å². The maximum Gasteiger partial charge on any atom is 0.0757 e. The highest BCUT2D eigenvalue weighted by Crippen LogP contribution is 2.67. The minimum atomic E-state index is -0.298. The third-order valence-electron chi connectivity index (χ3n) is 10.3. The van der Waals surface area contributed by atoms with E-state index in [-0.39, 0.29) is 17.6 Å². The van der Waals surface area contributed by atoms with E-state index in [1.165, 1.54) is 50.5 Å². The number of aliphatic hydroxyl groups excluding tert-OH is 2. The first-order chi connectivity index (χ1) is 13.7. The predicted molar refractivity (Wildman–Crippen MR) is 120 cm³/mol. The molecule has 166 valence electrons. The van der Waals surface area contributed by atoms with E-state index < -0.39 is 0 Å². The van der Waals surface area contributed by atoms with Crippen LogP contribution < -0.4 is 0 Å². The van der Waals surface area contributed by atoms with Crippen LogP contribution in [-0.2, 0) is 0 Å². The summed E-state index contributed by atoms with van der Waals surface area (Å²) in [4.78, 5) is 0. The van der Waals surface area contributed by atoms with E-state index in [1.54, 1.807) is 0 Å². The molecule has 4 aliphatic rings. The number of aliphatic hydroxyl groups is 2. The Labute approximate surface area is 179 Å². The van der Waals surface area contributed by atoms with E-state index in [2.05, 4.69) is 40.7 Å². The van der Waals surface area contributed by atoms with Gasteiger partial charge in [0.2, 0.25) is 0 Å². The van der Waals surface area contributed by atoms with Crippen molar-refractivity contribution in [2.24, 2.45) is 46.3 Å². The van der Waals surface area contributed by atoms with Crippen molar-refractivity contribution in [1.82, 2.24) is 0 Å². The lowest BCUT2D eigenvalue weighted by Crippen LogP contribution is -2.54. The van der Waals surface area contributed by atoms with Crippen LogP contribution in [0.2, 0.25) is 0 Å². The molecule has 29 heavy (non-hydrogen) atoms. The van der Waals surface area contributed by atoms with Gasteiger partial charge in [0, 0.05) is 0 Å². The van der Waals surface area contributed by atoms with Crippen LogP contribution in [0.5, 0.6) is 0 Å². The Bertz CT molecular complexity index is 624. The van der Waals surface area contributed by atoms with Crippen molar-refractivity contribution < 1.29 is 10.2 Å². The Kier molecular flexibility index (Phi) is 6.01. The minimum Gasteiger partial charge on any atom is -0.393 e. The van der Waals surface area contributed by atoms with Gasteiger partial charge in [0.05, 0.1) is 12.2 Å². The monoisotopic (exact) mass is 402 g/mol. The van der Waals surface area contributed by atoms with Gasteiger partial charge in [0.25, 0.3) is 0 Å². The molecule has 0 aromatic carbocycles. The van der Waals surface area contributed by atoms with Gasteiger partial charge in [-0.3, -0.25) is 0 Å². The summed E-state index contributed by atoms with van der Waals surface area (Å²) in [6.07, 6.45) is 13.9. The fourth-order valence-electron chi connectivity index (χ4n) is 8.65. The lowest BCUT2D eigenvalue weighted by atomic mass is 9.46. The average molecular weight is 403 g/mol. The van der Waals surface area contributed by atoms with E-state index in [1.807, 2.05) is 0 Å². The highest BCUT2D eigenvalue weighted by atomic mass is 16.3. The molecule has 0 amide bonds. The smallest absolute Gasteiger partial charge is 0.0757 e. The molecule has 2 nitrogen and oxygen atoms in total. The summed E-state index contributed by atoms with van der Waals surface area (Å²) < 4.78 is 0. The summed E-state index contributed by atoms with van der Waals surface area (Å²) >= 11 is 0. The maximum absolute atomic E-state index is 11.3. The van der Waals surface area contributed by atoms with Crippen molar-refractivity contribution in [2.45, 2.75) is 111 Å². The second-order valence-electron chi connectivity index (χ2n) is 12.3. The Morgan fingerprint density at radius 2 is 1.72 bits per heavy atom. The van der Waals surface area contributed by atoms with Gasteiger partial charge in [-0.05, 0) is 91.3 Å². The molecule has 0 spiro atoms. The number of hydrogen-bond donors (Lipinski definition) is 2. The van der Waals surface area contributed by atoms with Crippen molar-refractivity contribution in [3.8, 4) is 0 Å². The molecule has 0 saturated heterocycles.